The van der Waals surface area contributed by atoms with E-state index in [1.807, 2.05) is 60.7 Å². The number of benzene rings is 3. The van der Waals surface area contributed by atoms with E-state index < -0.39 is 0 Å². The zero-order chi connectivity index (χ0) is 20.1. The van der Waals surface area contributed by atoms with Gasteiger partial charge in [-0.25, -0.2) is 0 Å². The second kappa shape index (κ2) is 8.39. The molecule has 0 aliphatic heterocycles. The Bertz CT molecular complexity index is 1110. The first kappa shape index (κ1) is 18.4. The average molecular weight is 385 g/mol. The molecule has 0 saturated carbocycles. The van der Waals surface area contributed by atoms with Crippen molar-refractivity contribution in [3.05, 3.63) is 96.1 Å². The summed E-state index contributed by atoms with van der Waals surface area (Å²) < 4.78 is 10.7. The van der Waals surface area contributed by atoms with E-state index in [2.05, 4.69) is 15.5 Å². The van der Waals surface area contributed by atoms with Gasteiger partial charge in [-0.1, -0.05) is 59.8 Å². The number of nitrogens with zero attached hydrogens (tertiary/aromatic N) is 2. The van der Waals surface area contributed by atoms with Crippen LogP contribution in [0.2, 0.25) is 0 Å². The fraction of sp³-hybridized carbons (Fsp3) is 0.0870. The molecule has 0 aliphatic carbocycles. The molecule has 29 heavy (non-hydrogen) atoms. The van der Waals surface area contributed by atoms with Gasteiger partial charge in [0.25, 0.3) is 5.91 Å². The zero-order valence-corrected chi connectivity index (χ0v) is 15.8. The molecule has 144 valence electrons. The molecule has 1 amide bonds. The molecule has 4 aromatic rings. The number of hydrogen-bond donors (Lipinski definition) is 1. The van der Waals surface area contributed by atoms with Gasteiger partial charge in [-0.3, -0.25) is 4.79 Å². The van der Waals surface area contributed by atoms with Gasteiger partial charge in [0, 0.05) is 12.6 Å². The van der Waals surface area contributed by atoms with Crippen LogP contribution in [-0.2, 0) is 6.61 Å². The Hall–Kier alpha value is -3.93. The van der Waals surface area contributed by atoms with Crippen LogP contribution in [0.4, 0.5) is 5.69 Å². The standard InChI is InChI=1S/C23H19N3O3/c1-16-24-22(26-29-16)15-28-21-10-6-5-9-20(21)23(27)25-19-13-11-18(12-14-19)17-7-3-2-4-8-17/h2-14H,15H2,1H3,(H,25,27). The minimum Gasteiger partial charge on any atom is -0.485 e. The minimum atomic E-state index is -0.252. The van der Waals surface area contributed by atoms with Gasteiger partial charge in [0.1, 0.15) is 5.75 Å². The summed E-state index contributed by atoms with van der Waals surface area (Å²) in [5.74, 6) is 1.09. The van der Waals surface area contributed by atoms with Crippen LogP contribution in [0.5, 0.6) is 5.75 Å². The van der Waals surface area contributed by atoms with E-state index in [0.29, 0.717) is 28.7 Å². The van der Waals surface area contributed by atoms with Crippen LogP contribution in [-0.4, -0.2) is 16.0 Å². The molecule has 0 spiro atoms. The van der Waals surface area contributed by atoms with Gasteiger partial charge in [-0.15, -0.1) is 0 Å². The van der Waals surface area contributed by atoms with Crippen molar-refractivity contribution in [2.45, 2.75) is 13.5 Å². The Balaban J connectivity index is 1.46. The maximum absolute atomic E-state index is 12.8. The second-order valence-corrected chi connectivity index (χ2v) is 6.41. The Morgan fingerprint density at radius 3 is 2.34 bits per heavy atom. The van der Waals surface area contributed by atoms with Crippen molar-refractivity contribution < 1.29 is 14.1 Å². The summed E-state index contributed by atoms with van der Waals surface area (Å²) in [6, 6.07) is 24.8. The number of para-hydroxylation sites is 1. The lowest BCUT2D eigenvalue weighted by molar-refractivity contribution is 0.102. The van der Waals surface area contributed by atoms with Crippen LogP contribution in [0.15, 0.2) is 83.4 Å². The summed E-state index contributed by atoms with van der Waals surface area (Å²) in [6.45, 7) is 1.83. The van der Waals surface area contributed by atoms with Crippen molar-refractivity contribution in [3.8, 4) is 16.9 Å². The lowest BCUT2D eigenvalue weighted by atomic mass is 10.1. The first-order valence-corrected chi connectivity index (χ1v) is 9.17. The fourth-order valence-electron chi connectivity index (χ4n) is 2.90. The summed E-state index contributed by atoms with van der Waals surface area (Å²) >= 11 is 0. The van der Waals surface area contributed by atoms with E-state index >= 15 is 0 Å². The molecule has 0 radical (unpaired) electrons. The van der Waals surface area contributed by atoms with Gasteiger partial charge in [0.2, 0.25) is 11.7 Å². The number of carbonyl (C=O) groups is 1. The van der Waals surface area contributed by atoms with Gasteiger partial charge in [-0.2, -0.15) is 4.98 Å². The summed E-state index contributed by atoms with van der Waals surface area (Å²) in [7, 11) is 0. The fourth-order valence-corrected chi connectivity index (χ4v) is 2.90. The molecule has 0 unspecified atom stereocenters. The summed E-state index contributed by atoms with van der Waals surface area (Å²) in [4.78, 5) is 16.9. The predicted octanol–water partition coefficient (Wildman–Crippen LogP) is 4.88. The average Bonchev–Trinajstić information content (AvgIpc) is 3.19. The highest BCUT2D eigenvalue weighted by Gasteiger charge is 2.13. The third-order valence-electron chi connectivity index (χ3n) is 4.31. The molecule has 0 atom stereocenters. The van der Waals surface area contributed by atoms with Gasteiger partial charge < -0.3 is 14.6 Å². The molecule has 0 fully saturated rings. The topological polar surface area (TPSA) is 77.2 Å². The number of anilines is 1. The normalized spacial score (nSPS) is 10.5. The van der Waals surface area contributed by atoms with Crippen LogP contribution < -0.4 is 10.1 Å². The first-order chi connectivity index (χ1) is 14.2. The Morgan fingerprint density at radius 2 is 1.62 bits per heavy atom. The second-order valence-electron chi connectivity index (χ2n) is 6.41. The minimum absolute atomic E-state index is 0.118. The zero-order valence-electron chi connectivity index (χ0n) is 15.8. The predicted molar refractivity (Wildman–Crippen MR) is 110 cm³/mol. The number of amides is 1. The van der Waals surface area contributed by atoms with E-state index in [4.69, 9.17) is 9.26 Å². The van der Waals surface area contributed by atoms with Crippen LogP contribution in [0, 0.1) is 6.92 Å². The number of carbonyl (C=O) groups excluding carboxylic acids is 1. The van der Waals surface area contributed by atoms with Crippen molar-refractivity contribution in [2.24, 2.45) is 0 Å². The third-order valence-corrected chi connectivity index (χ3v) is 4.31. The smallest absolute Gasteiger partial charge is 0.259 e. The van der Waals surface area contributed by atoms with Crippen molar-refractivity contribution >= 4 is 11.6 Å². The third kappa shape index (κ3) is 4.50. The molecule has 1 aromatic heterocycles. The number of nitrogens with one attached hydrogen (secondary N) is 1. The molecule has 6 nitrogen and oxygen atoms in total. The molecular formula is C23H19N3O3. The molecule has 1 N–H and O–H groups in total. The van der Waals surface area contributed by atoms with Crippen molar-refractivity contribution in [1.82, 2.24) is 10.1 Å². The summed E-state index contributed by atoms with van der Waals surface area (Å²) in [6.07, 6.45) is 0. The molecule has 0 bridgehead atoms. The van der Waals surface area contributed by atoms with E-state index in [1.54, 1.807) is 25.1 Å². The van der Waals surface area contributed by atoms with Crippen LogP contribution in [0.1, 0.15) is 22.1 Å². The van der Waals surface area contributed by atoms with E-state index in [1.165, 1.54) is 0 Å². The highest BCUT2D eigenvalue weighted by molar-refractivity contribution is 6.06. The Labute approximate surface area is 168 Å². The van der Waals surface area contributed by atoms with Crippen molar-refractivity contribution in [3.63, 3.8) is 0 Å². The SMILES string of the molecule is Cc1nc(COc2ccccc2C(=O)Nc2ccc(-c3ccccc3)cc2)no1. The highest BCUT2D eigenvalue weighted by Crippen LogP contribution is 2.23. The Morgan fingerprint density at radius 1 is 0.931 bits per heavy atom. The summed E-state index contributed by atoms with van der Waals surface area (Å²) in [5, 5.41) is 6.71. The van der Waals surface area contributed by atoms with E-state index in [9.17, 15) is 4.79 Å². The quantitative estimate of drug-likeness (QED) is 0.512. The number of ether oxygens (including phenoxy) is 1. The van der Waals surface area contributed by atoms with Crippen LogP contribution in [0.3, 0.4) is 0 Å². The van der Waals surface area contributed by atoms with Gasteiger partial charge in [0.05, 0.1) is 5.56 Å². The number of aryl methyl sites for hydroxylation is 1. The molecule has 0 saturated heterocycles. The lowest BCUT2D eigenvalue weighted by Gasteiger charge is -2.11. The van der Waals surface area contributed by atoms with Crippen LogP contribution in [0.25, 0.3) is 11.1 Å². The lowest BCUT2D eigenvalue weighted by Crippen LogP contribution is -2.13. The maximum atomic E-state index is 12.8. The molecule has 3 aromatic carbocycles. The molecule has 1 heterocycles. The largest absolute Gasteiger partial charge is 0.485 e. The highest BCUT2D eigenvalue weighted by atomic mass is 16.5. The monoisotopic (exact) mass is 385 g/mol. The van der Waals surface area contributed by atoms with E-state index in [-0.39, 0.29) is 12.5 Å². The van der Waals surface area contributed by atoms with Gasteiger partial charge >= 0.3 is 0 Å². The van der Waals surface area contributed by atoms with Crippen LogP contribution >= 0.6 is 0 Å². The summed E-state index contributed by atoms with van der Waals surface area (Å²) in [5.41, 5.74) is 3.35. The molecule has 6 heteroatoms. The van der Waals surface area contributed by atoms with E-state index in [0.717, 1.165) is 11.1 Å². The number of rotatable bonds is 6. The van der Waals surface area contributed by atoms with Crippen molar-refractivity contribution in [1.29, 1.82) is 0 Å². The van der Waals surface area contributed by atoms with Crippen molar-refractivity contribution in [2.75, 3.05) is 5.32 Å². The number of aromatic nitrogens is 2. The molecular weight excluding hydrogens is 366 g/mol. The number of hydrogen-bond acceptors (Lipinski definition) is 5. The first-order valence-electron chi connectivity index (χ1n) is 9.17. The van der Waals surface area contributed by atoms with Gasteiger partial charge in [-0.05, 0) is 35.4 Å². The molecule has 4 rings (SSSR count). The van der Waals surface area contributed by atoms with Gasteiger partial charge in [0.15, 0.2) is 6.61 Å². The maximum Gasteiger partial charge on any atom is 0.259 e. The molecule has 0 aliphatic rings. The Kier molecular flexibility index (Phi) is 5.33.